The average molecular weight is 668 g/mol. The summed E-state index contributed by atoms with van der Waals surface area (Å²) >= 11 is 20.5. The van der Waals surface area contributed by atoms with Gasteiger partial charge in [0, 0.05) is 57.0 Å². The fourth-order valence-corrected chi connectivity index (χ4v) is 6.47. The Labute approximate surface area is 269 Å². The summed E-state index contributed by atoms with van der Waals surface area (Å²) in [5.41, 5.74) is 2.01. The van der Waals surface area contributed by atoms with Gasteiger partial charge in [-0.05, 0) is 42.3 Å². The van der Waals surface area contributed by atoms with Crippen molar-refractivity contribution in [2.24, 2.45) is 0 Å². The van der Waals surface area contributed by atoms with E-state index in [9.17, 15) is 9.59 Å². The number of aromatic nitrogens is 1. The number of likely N-dealkylation sites (N-methyl/N-ethyl adjacent to an activating group) is 1. The fraction of sp³-hybridized carbons (Fsp3) is 0.414. The number of amides is 2. The highest BCUT2D eigenvalue weighted by molar-refractivity contribution is 7.13. The van der Waals surface area contributed by atoms with Crippen molar-refractivity contribution in [3.63, 3.8) is 0 Å². The first-order valence-corrected chi connectivity index (χ1v) is 15.9. The molecule has 2 aliphatic rings. The standard InChI is InChI=1S/C29H33Cl3N6O4S/c1-36(4-5-37-6-10-41-11-7-37)17-19-18-43-27(25(19)32)29(40)35-26-22(28(39)34-24-3-2-20(30)16-33-24)14-21(31)15-23(26)38-8-12-42-13-9-38/h2-3,14-16,18H,4-13,17H2,1H3,(H,35,40)(H,33,34,39). The van der Waals surface area contributed by atoms with Crippen LogP contribution in [0.2, 0.25) is 15.1 Å². The number of nitrogens with zero attached hydrogens (tertiary/aromatic N) is 4. The van der Waals surface area contributed by atoms with E-state index in [4.69, 9.17) is 44.3 Å². The van der Waals surface area contributed by atoms with Crippen LogP contribution in [0.1, 0.15) is 25.6 Å². The predicted molar refractivity (Wildman–Crippen MR) is 173 cm³/mol. The molecular weight excluding hydrogens is 635 g/mol. The van der Waals surface area contributed by atoms with E-state index < -0.39 is 11.8 Å². The third-order valence-corrected chi connectivity index (χ3v) is 9.25. The molecular formula is C29H33Cl3N6O4S. The van der Waals surface area contributed by atoms with Gasteiger partial charge in [-0.2, -0.15) is 0 Å². The van der Waals surface area contributed by atoms with E-state index in [0.29, 0.717) is 70.0 Å². The molecule has 2 saturated heterocycles. The van der Waals surface area contributed by atoms with Gasteiger partial charge in [-0.25, -0.2) is 4.98 Å². The number of halogens is 3. The molecule has 2 aromatic heterocycles. The van der Waals surface area contributed by atoms with E-state index in [0.717, 1.165) is 45.0 Å². The number of rotatable bonds is 10. The van der Waals surface area contributed by atoms with E-state index in [1.807, 2.05) is 17.3 Å². The molecule has 2 N–H and O–H groups in total. The molecule has 2 fully saturated rings. The molecule has 230 valence electrons. The van der Waals surface area contributed by atoms with Crippen molar-refractivity contribution in [1.82, 2.24) is 14.8 Å². The first-order chi connectivity index (χ1) is 20.8. The number of hydrogen-bond acceptors (Lipinski definition) is 9. The minimum atomic E-state index is -0.484. The second-order valence-corrected chi connectivity index (χ2v) is 12.4. The molecule has 1 aromatic carbocycles. The number of ether oxygens (including phenoxy) is 2. The van der Waals surface area contributed by atoms with Gasteiger partial charge in [-0.15, -0.1) is 11.3 Å². The van der Waals surface area contributed by atoms with Crippen LogP contribution in [0.25, 0.3) is 0 Å². The highest BCUT2D eigenvalue weighted by Crippen LogP contribution is 2.36. The van der Waals surface area contributed by atoms with Crippen molar-refractivity contribution in [2.45, 2.75) is 6.54 Å². The third-order valence-electron chi connectivity index (χ3n) is 7.23. The largest absolute Gasteiger partial charge is 0.379 e. The van der Waals surface area contributed by atoms with Crippen molar-refractivity contribution in [3.8, 4) is 0 Å². The molecule has 0 unspecified atom stereocenters. The normalized spacial score (nSPS) is 16.0. The second kappa shape index (κ2) is 15.0. The Kier molecular flexibility index (Phi) is 11.1. The predicted octanol–water partition coefficient (Wildman–Crippen LogP) is 5.21. The van der Waals surface area contributed by atoms with Crippen LogP contribution in [0, 0.1) is 0 Å². The summed E-state index contributed by atoms with van der Waals surface area (Å²) in [6, 6.07) is 6.49. The van der Waals surface area contributed by atoms with Gasteiger partial charge in [-0.3, -0.25) is 14.5 Å². The summed E-state index contributed by atoms with van der Waals surface area (Å²) in [7, 11) is 2.04. The van der Waals surface area contributed by atoms with E-state index in [-0.39, 0.29) is 5.56 Å². The Bertz CT molecular complexity index is 1430. The Morgan fingerprint density at radius 3 is 2.40 bits per heavy atom. The van der Waals surface area contributed by atoms with E-state index in [1.165, 1.54) is 23.6 Å². The number of benzene rings is 1. The molecule has 2 amide bonds. The first kappa shape index (κ1) is 31.9. The summed E-state index contributed by atoms with van der Waals surface area (Å²) in [6.07, 6.45) is 1.44. The van der Waals surface area contributed by atoms with Gasteiger partial charge in [0.05, 0.1) is 53.4 Å². The molecule has 0 spiro atoms. The molecule has 2 aliphatic heterocycles. The van der Waals surface area contributed by atoms with Crippen LogP contribution >= 0.6 is 46.1 Å². The molecule has 0 radical (unpaired) electrons. The Morgan fingerprint density at radius 2 is 1.70 bits per heavy atom. The molecule has 3 aromatic rings. The van der Waals surface area contributed by atoms with E-state index >= 15 is 0 Å². The zero-order chi connectivity index (χ0) is 30.3. The van der Waals surface area contributed by atoms with Crippen LogP contribution in [0.5, 0.6) is 0 Å². The van der Waals surface area contributed by atoms with Crippen LogP contribution in [-0.4, -0.2) is 99.3 Å². The quantitative estimate of drug-likeness (QED) is 0.304. The number of anilines is 3. The lowest BCUT2D eigenvalue weighted by Gasteiger charge is -2.31. The zero-order valence-corrected chi connectivity index (χ0v) is 26.8. The minimum Gasteiger partial charge on any atom is -0.379 e. The molecule has 4 heterocycles. The second-order valence-electron chi connectivity index (χ2n) is 10.3. The van der Waals surface area contributed by atoms with Gasteiger partial charge in [0.2, 0.25) is 0 Å². The van der Waals surface area contributed by atoms with Gasteiger partial charge >= 0.3 is 0 Å². The van der Waals surface area contributed by atoms with Crippen molar-refractivity contribution in [1.29, 1.82) is 0 Å². The van der Waals surface area contributed by atoms with Crippen LogP contribution in [0.3, 0.4) is 0 Å². The van der Waals surface area contributed by atoms with Crippen LogP contribution in [0.4, 0.5) is 17.2 Å². The molecule has 14 heteroatoms. The maximum absolute atomic E-state index is 13.7. The molecule has 0 bridgehead atoms. The molecule has 5 rings (SSSR count). The average Bonchev–Trinajstić information content (AvgIpc) is 3.38. The van der Waals surface area contributed by atoms with Crippen LogP contribution in [0.15, 0.2) is 35.8 Å². The smallest absolute Gasteiger partial charge is 0.267 e. The summed E-state index contributed by atoms with van der Waals surface area (Å²) in [4.78, 5) is 38.3. The third kappa shape index (κ3) is 8.37. The highest BCUT2D eigenvalue weighted by Gasteiger charge is 2.26. The summed E-state index contributed by atoms with van der Waals surface area (Å²) in [5, 5.41) is 8.86. The molecule has 0 atom stereocenters. The number of thiophene rings is 1. The maximum atomic E-state index is 13.7. The fourth-order valence-electron chi connectivity index (χ4n) is 4.91. The van der Waals surface area contributed by atoms with E-state index in [1.54, 1.807) is 18.2 Å². The van der Waals surface area contributed by atoms with E-state index in [2.05, 4.69) is 25.4 Å². The number of nitrogens with one attached hydrogen (secondary N) is 2. The van der Waals surface area contributed by atoms with Gasteiger partial charge in [0.25, 0.3) is 11.8 Å². The molecule has 10 nitrogen and oxygen atoms in total. The lowest BCUT2D eigenvalue weighted by Crippen LogP contribution is -2.40. The van der Waals surface area contributed by atoms with Crippen molar-refractivity contribution in [2.75, 3.05) is 88.3 Å². The Hall–Kier alpha value is -2.48. The van der Waals surface area contributed by atoms with Crippen molar-refractivity contribution >= 4 is 75.1 Å². The minimum absolute atomic E-state index is 0.190. The summed E-state index contributed by atoms with van der Waals surface area (Å²) in [5.74, 6) is -0.585. The first-order valence-electron chi connectivity index (χ1n) is 13.9. The Morgan fingerprint density at radius 1 is 0.977 bits per heavy atom. The van der Waals surface area contributed by atoms with Crippen molar-refractivity contribution in [3.05, 3.63) is 66.9 Å². The summed E-state index contributed by atoms with van der Waals surface area (Å²) in [6.45, 7) is 7.97. The monoisotopic (exact) mass is 666 g/mol. The molecule has 0 saturated carbocycles. The SMILES string of the molecule is CN(CCN1CCOCC1)Cc1csc(C(=O)Nc2c(C(=O)Nc3ccc(Cl)cn3)cc(Cl)cc2N2CCOCC2)c1Cl. The lowest BCUT2D eigenvalue weighted by atomic mass is 10.1. The van der Waals surface area contributed by atoms with Gasteiger partial charge in [0.1, 0.15) is 10.7 Å². The van der Waals surface area contributed by atoms with Gasteiger partial charge in [0.15, 0.2) is 0 Å². The zero-order valence-electron chi connectivity index (χ0n) is 23.7. The lowest BCUT2D eigenvalue weighted by molar-refractivity contribution is 0.0342. The number of hydrogen-bond donors (Lipinski definition) is 2. The van der Waals surface area contributed by atoms with Crippen molar-refractivity contribution < 1.29 is 19.1 Å². The van der Waals surface area contributed by atoms with Gasteiger partial charge < -0.3 is 29.9 Å². The van der Waals surface area contributed by atoms with Crippen LogP contribution in [-0.2, 0) is 16.0 Å². The Balaban J connectivity index is 1.36. The topological polar surface area (TPSA) is 99.3 Å². The molecule has 43 heavy (non-hydrogen) atoms. The molecule has 0 aliphatic carbocycles. The number of pyridine rings is 1. The number of morpholine rings is 2. The van der Waals surface area contributed by atoms with Gasteiger partial charge in [-0.1, -0.05) is 34.8 Å². The maximum Gasteiger partial charge on any atom is 0.267 e. The highest BCUT2D eigenvalue weighted by atomic mass is 35.5. The number of carbonyl (C=O) groups excluding carboxylic acids is 2. The number of carbonyl (C=O) groups is 2. The van der Waals surface area contributed by atoms with Crippen LogP contribution < -0.4 is 15.5 Å². The summed E-state index contributed by atoms with van der Waals surface area (Å²) < 4.78 is 11.0.